The Bertz CT molecular complexity index is 1750. The molecule has 3 heterocycles. The van der Waals surface area contributed by atoms with Crippen molar-refractivity contribution in [2.24, 2.45) is 23.7 Å². The SMILES string of the molecule is CN1C(=O)[C@]2(Cl)C[C@@H]3C(=CC[C@@H]4C(=O)N(c5cccc(C(=O)O)c5)C(=O)[C@@H]43)[C@H](C3=COc4ccc(O)cc4C3)[C@]2(Cl)C1=O. The van der Waals surface area contributed by atoms with Crippen LogP contribution < -0.4 is 9.64 Å². The second kappa shape index (κ2) is 9.17. The lowest BCUT2D eigenvalue weighted by atomic mass is 9.56. The summed E-state index contributed by atoms with van der Waals surface area (Å²) in [6, 6.07) is 10.2. The highest BCUT2D eigenvalue weighted by molar-refractivity contribution is 6.53. The largest absolute Gasteiger partial charge is 0.508 e. The van der Waals surface area contributed by atoms with Crippen LogP contribution in [0.1, 0.15) is 28.8 Å². The molecule has 0 unspecified atom stereocenters. The van der Waals surface area contributed by atoms with E-state index >= 15 is 0 Å². The van der Waals surface area contributed by atoms with Crippen LogP contribution in [0, 0.1) is 23.7 Å². The highest BCUT2D eigenvalue weighted by atomic mass is 35.5. The Morgan fingerprint density at radius 2 is 1.79 bits per heavy atom. The van der Waals surface area contributed by atoms with Gasteiger partial charge >= 0.3 is 5.97 Å². The van der Waals surface area contributed by atoms with E-state index < -0.39 is 63.0 Å². The van der Waals surface area contributed by atoms with E-state index in [-0.39, 0.29) is 36.3 Å². The summed E-state index contributed by atoms with van der Waals surface area (Å²) in [7, 11) is 1.32. The molecule has 2 aliphatic carbocycles. The number of amides is 4. The number of halogens is 2. The average molecular weight is 623 g/mol. The van der Waals surface area contributed by atoms with Gasteiger partial charge in [-0.1, -0.05) is 17.7 Å². The van der Waals surface area contributed by atoms with Crippen LogP contribution in [0.5, 0.6) is 11.5 Å². The van der Waals surface area contributed by atoms with Gasteiger partial charge in [0.15, 0.2) is 9.75 Å². The summed E-state index contributed by atoms with van der Waals surface area (Å²) < 4.78 is 5.88. The number of ether oxygens (including phenoxy) is 1. The van der Waals surface area contributed by atoms with Gasteiger partial charge in [-0.25, -0.2) is 4.79 Å². The normalized spacial score (nSPS) is 32.8. The van der Waals surface area contributed by atoms with E-state index in [4.69, 9.17) is 27.9 Å². The zero-order chi connectivity index (χ0) is 30.6. The number of nitrogens with zero attached hydrogens (tertiary/aromatic N) is 2. The van der Waals surface area contributed by atoms with E-state index in [1.807, 2.05) is 6.08 Å². The van der Waals surface area contributed by atoms with E-state index in [1.165, 1.54) is 43.6 Å². The van der Waals surface area contributed by atoms with E-state index in [0.29, 0.717) is 22.5 Å². The number of phenols is 1. The molecule has 4 amide bonds. The summed E-state index contributed by atoms with van der Waals surface area (Å²) in [4.78, 5) is 64.8. The fraction of sp³-hybridized carbons (Fsp3) is 0.323. The Morgan fingerprint density at radius 3 is 2.53 bits per heavy atom. The molecule has 1 saturated carbocycles. The quantitative estimate of drug-likeness (QED) is 0.300. The van der Waals surface area contributed by atoms with Crippen LogP contribution in [0.25, 0.3) is 0 Å². The molecule has 0 spiro atoms. The first-order valence-corrected chi connectivity index (χ1v) is 14.4. The fourth-order valence-electron chi connectivity index (χ4n) is 7.59. The number of aromatic hydroxyl groups is 1. The van der Waals surface area contributed by atoms with Crippen LogP contribution in [0.4, 0.5) is 5.69 Å². The van der Waals surface area contributed by atoms with E-state index in [2.05, 4.69) is 0 Å². The first kappa shape index (κ1) is 27.7. The number of carboxylic acids is 1. The number of allylic oxidation sites excluding steroid dienone is 3. The number of alkyl halides is 2. The summed E-state index contributed by atoms with van der Waals surface area (Å²) >= 11 is 14.4. The van der Waals surface area contributed by atoms with Crippen molar-refractivity contribution in [3.63, 3.8) is 0 Å². The summed E-state index contributed by atoms with van der Waals surface area (Å²) in [5, 5.41) is 19.6. The Morgan fingerprint density at radius 1 is 1.02 bits per heavy atom. The van der Waals surface area contributed by atoms with Crippen LogP contribution in [-0.4, -0.2) is 61.5 Å². The number of imide groups is 2. The Hall–Kier alpha value is -4.15. The highest BCUT2D eigenvalue weighted by Gasteiger charge is 2.76. The number of carboxylic acid groups (broad SMARTS) is 1. The maximum Gasteiger partial charge on any atom is 0.335 e. The maximum absolute atomic E-state index is 14.1. The second-order valence-electron chi connectivity index (χ2n) is 11.6. The lowest BCUT2D eigenvalue weighted by Gasteiger charge is -2.51. The van der Waals surface area contributed by atoms with Crippen molar-refractivity contribution < 1.29 is 38.9 Å². The van der Waals surface area contributed by atoms with Crippen LogP contribution in [0.2, 0.25) is 0 Å². The van der Waals surface area contributed by atoms with Gasteiger partial charge in [0.1, 0.15) is 11.5 Å². The molecular formula is C31H24Cl2N2O8. The lowest BCUT2D eigenvalue weighted by Crippen LogP contribution is -2.61. The van der Waals surface area contributed by atoms with Crippen LogP contribution in [0.15, 0.2) is 65.9 Å². The minimum absolute atomic E-state index is 0.0195. The fourth-order valence-corrected chi connectivity index (χ4v) is 8.62. The van der Waals surface area contributed by atoms with Crippen LogP contribution in [0.3, 0.4) is 0 Å². The van der Waals surface area contributed by atoms with Gasteiger partial charge in [0, 0.05) is 24.9 Å². The number of benzene rings is 2. The number of rotatable bonds is 3. The molecule has 220 valence electrons. The molecule has 43 heavy (non-hydrogen) atoms. The molecule has 3 fully saturated rings. The number of likely N-dealkylation sites (tertiary alicyclic amines) is 1. The van der Waals surface area contributed by atoms with Crippen molar-refractivity contribution in [1.82, 2.24) is 4.90 Å². The topological polar surface area (TPSA) is 142 Å². The molecule has 2 N–H and O–H groups in total. The molecule has 3 aliphatic heterocycles. The molecule has 5 aliphatic rings. The minimum atomic E-state index is -1.94. The number of hydrogen-bond acceptors (Lipinski definition) is 7. The standard InChI is InChI=1S/C31H24Cl2N2O8/c1-34-28(41)30(32)12-21-19(24(31(30,33)29(34)42)16-9-15-11-18(36)5-8-22(15)43-13-16)6-7-20-23(21)26(38)35(25(20)37)17-4-2-3-14(10-17)27(39)40/h2-6,8,10-11,13,20-21,23-24,36H,7,9,12H2,1H3,(H,39,40)/t20-,21+,23-,24-,30+,31-/m0/s1. The van der Waals surface area contributed by atoms with Gasteiger partial charge in [-0.15, -0.1) is 23.2 Å². The van der Waals surface area contributed by atoms with Crippen LogP contribution >= 0.6 is 23.2 Å². The highest BCUT2D eigenvalue weighted by Crippen LogP contribution is 2.64. The second-order valence-corrected chi connectivity index (χ2v) is 12.9. The third kappa shape index (κ3) is 3.56. The van der Waals surface area contributed by atoms with Crippen molar-refractivity contribution in [2.75, 3.05) is 11.9 Å². The van der Waals surface area contributed by atoms with Crippen molar-refractivity contribution in [3.05, 3.63) is 77.1 Å². The third-order valence-electron chi connectivity index (χ3n) is 9.51. The Kier molecular flexibility index (Phi) is 5.90. The number of carbonyl (C=O) groups is 5. The van der Waals surface area contributed by atoms with E-state index in [9.17, 15) is 34.2 Å². The predicted molar refractivity (Wildman–Crippen MR) is 153 cm³/mol. The van der Waals surface area contributed by atoms with Gasteiger partial charge in [0.25, 0.3) is 11.8 Å². The van der Waals surface area contributed by atoms with Crippen molar-refractivity contribution in [2.45, 2.75) is 29.0 Å². The summed E-state index contributed by atoms with van der Waals surface area (Å²) in [5.41, 5.74) is 1.84. The predicted octanol–water partition coefficient (Wildman–Crippen LogP) is 3.64. The first-order valence-electron chi connectivity index (χ1n) is 13.7. The summed E-state index contributed by atoms with van der Waals surface area (Å²) in [6.45, 7) is 0. The molecule has 0 radical (unpaired) electrons. The van der Waals surface area contributed by atoms with Gasteiger partial charge in [-0.3, -0.25) is 29.0 Å². The molecule has 12 heteroatoms. The van der Waals surface area contributed by atoms with E-state index in [1.54, 1.807) is 12.1 Å². The number of phenolic OH excluding ortho intramolecular Hbond substituents is 1. The molecule has 2 saturated heterocycles. The minimum Gasteiger partial charge on any atom is -0.508 e. The van der Waals surface area contributed by atoms with Crippen molar-refractivity contribution in [3.8, 4) is 11.5 Å². The number of carbonyl (C=O) groups excluding carboxylic acids is 4. The molecule has 2 aromatic carbocycles. The Labute approximate surface area is 255 Å². The number of hydrogen-bond donors (Lipinski definition) is 2. The van der Waals surface area contributed by atoms with Gasteiger partial charge < -0.3 is 14.9 Å². The third-order valence-corrected chi connectivity index (χ3v) is 10.9. The van der Waals surface area contributed by atoms with E-state index in [0.717, 1.165) is 9.80 Å². The number of anilines is 1. The van der Waals surface area contributed by atoms with Gasteiger partial charge in [0.05, 0.1) is 29.3 Å². The zero-order valence-electron chi connectivity index (χ0n) is 22.6. The molecule has 10 nitrogen and oxygen atoms in total. The smallest absolute Gasteiger partial charge is 0.335 e. The van der Waals surface area contributed by atoms with Crippen LogP contribution in [-0.2, 0) is 25.6 Å². The average Bonchev–Trinajstić information content (AvgIpc) is 3.31. The monoisotopic (exact) mass is 622 g/mol. The molecule has 7 rings (SSSR count). The van der Waals surface area contributed by atoms with Gasteiger partial charge in [-0.05, 0) is 60.7 Å². The summed E-state index contributed by atoms with van der Waals surface area (Å²) in [6.07, 6.45) is 3.51. The molecule has 6 atom stereocenters. The number of aromatic carboxylic acids is 1. The van der Waals surface area contributed by atoms with Gasteiger partial charge in [0.2, 0.25) is 11.8 Å². The first-order chi connectivity index (χ1) is 20.4. The molecule has 2 aromatic rings. The van der Waals surface area contributed by atoms with Crippen molar-refractivity contribution in [1.29, 1.82) is 0 Å². The maximum atomic E-state index is 14.1. The Balaban J connectivity index is 1.35. The molecule has 0 bridgehead atoms. The lowest BCUT2D eigenvalue weighted by molar-refractivity contribution is -0.138. The van der Waals surface area contributed by atoms with Crippen molar-refractivity contribution >= 4 is 58.5 Å². The van der Waals surface area contributed by atoms with Gasteiger partial charge in [-0.2, -0.15) is 0 Å². The zero-order valence-corrected chi connectivity index (χ0v) is 24.1. The molecule has 0 aromatic heterocycles. The molecular weight excluding hydrogens is 599 g/mol. The number of fused-ring (bicyclic) bond motifs is 5. The summed E-state index contributed by atoms with van der Waals surface area (Å²) in [5.74, 6) is -6.46.